The lowest BCUT2D eigenvalue weighted by Gasteiger charge is -2.19. The smallest absolute Gasteiger partial charge is 0.337 e. The van der Waals surface area contributed by atoms with E-state index in [-0.39, 0.29) is 5.91 Å². The normalized spacial score (nSPS) is 12.7. The van der Waals surface area contributed by atoms with Crippen LogP contribution in [0.5, 0.6) is 11.5 Å². The number of esters is 1. The number of rotatable bonds is 4. The highest BCUT2D eigenvalue weighted by Crippen LogP contribution is 2.38. The van der Waals surface area contributed by atoms with E-state index in [1.807, 2.05) is 0 Å². The van der Waals surface area contributed by atoms with Gasteiger partial charge in [0.25, 0.3) is 0 Å². The molecule has 1 N–H and O–H groups in total. The van der Waals surface area contributed by atoms with Crippen LogP contribution in [0, 0.1) is 0 Å². The third-order valence-corrected chi connectivity index (χ3v) is 4.30. The van der Waals surface area contributed by atoms with Gasteiger partial charge in [0.2, 0.25) is 5.91 Å². The van der Waals surface area contributed by atoms with Crippen molar-refractivity contribution in [2.24, 2.45) is 0 Å². The Morgan fingerprint density at radius 2 is 1.77 bits per heavy atom. The van der Waals surface area contributed by atoms with E-state index in [4.69, 9.17) is 9.47 Å². The van der Waals surface area contributed by atoms with Crippen molar-refractivity contribution < 1.29 is 23.8 Å². The summed E-state index contributed by atoms with van der Waals surface area (Å²) in [6.07, 6.45) is 3.07. The molecular formula is C19H16BrNO5. The molecule has 1 aliphatic heterocycles. The summed E-state index contributed by atoms with van der Waals surface area (Å²) < 4.78 is 16.4. The van der Waals surface area contributed by atoms with E-state index in [2.05, 4.69) is 26.0 Å². The van der Waals surface area contributed by atoms with E-state index in [1.54, 1.807) is 42.5 Å². The van der Waals surface area contributed by atoms with Crippen molar-refractivity contribution in [3.63, 3.8) is 0 Å². The van der Waals surface area contributed by atoms with Gasteiger partial charge in [-0.05, 0) is 39.7 Å². The van der Waals surface area contributed by atoms with Crippen LogP contribution in [-0.4, -0.2) is 32.2 Å². The summed E-state index contributed by atoms with van der Waals surface area (Å²) >= 11 is 3.41. The van der Waals surface area contributed by atoms with Gasteiger partial charge < -0.3 is 19.5 Å². The van der Waals surface area contributed by atoms with Gasteiger partial charge in [0.1, 0.15) is 13.2 Å². The van der Waals surface area contributed by atoms with Crippen LogP contribution in [0.25, 0.3) is 6.08 Å². The van der Waals surface area contributed by atoms with Crippen LogP contribution in [0.3, 0.4) is 0 Å². The fourth-order valence-electron chi connectivity index (χ4n) is 2.35. The molecule has 7 heteroatoms. The minimum Gasteiger partial charge on any atom is -0.486 e. The van der Waals surface area contributed by atoms with E-state index < -0.39 is 5.97 Å². The lowest BCUT2D eigenvalue weighted by Crippen LogP contribution is -2.16. The molecule has 0 radical (unpaired) electrons. The summed E-state index contributed by atoms with van der Waals surface area (Å²) in [7, 11) is 1.33. The number of amides is 1. The molecule has 1 heterocycles. The molecule has 0 unspecified atom stereocenters. The quantitative estimate of drug-likeness (QED) is 0.606. The van der Waals surface area contributed by atoms with E-state index in [9.17, 15) is 9.59 Å². The average molecular weight is 418 g/mol. The maximum absolute atomic E-state index is 12.2. The Morgan fingerprint density at radius 1 is 1.12 bits per heavy atom. The van der Waals surface area contributed by atoms with Gasteiger partial charge in [-0.1, -0.05) is 12.1 Å². The molecular weight excluding hydrogens is 402 g/mol. The van der Waals surface area contributed by atoms with Crippen LogP contribution in [0.2, 0.25) is 0 Å². The van der Waals surface area contributed by atoms with E-state index >= 15 is 0 Å². The highest BCUT2D eigenvalue weighted by molar-refractivity contribution is 9.10. The Labute approximate surface area is 158 Å². The molecule has 0 fully saturated rings. The number of benzene rings is 2. The molecule has 6 nitrogen and oxygen atoms in total. The molecule has 0 bridgehead atoms. The Balaban J connectivity index is 1.67. The summed E-state index contributed by atoms with van der Waals surface area (Å²) in [5, 5.41) is 2.79. The topological polar surface area (TPSA) is 73.9 Å². The van der Waals surface area contributed by atoms with Crippen molar-refractivity contribution in [3.8, 4) is 11.5 Å². The number of nitrogens with one attached hydrogen (secondary N) is 1. The summed E-state index contributed by atoms with van der Waals surface area (Å²) in [6.45, 7) is 0.978. The second-order valence-electron chi connectivity index (χ2n) is 5.41. The van der Waals surface area contributed by atoms with Gasteiger partial charge in [-0.15, -0.1) is 0 Å². The largest absolute Gasteiger partial charge is 0.486 e. The second kappa shape index (κ2) is 8.05. The number of anilines is 1. The average Bonchev–Trinajstić information content (AvgIpc) is 2.66. The first-order valence-electron chi connectivity index (χ1n) is 7.83. The maximum atomic E-state index is 12.2. The molecule has 134 valence electrons. The molecule has 0 spiro atoms. The Kier molecular flexibility index (Phi) is 5.58. The number of ether oxygens (including phenoxy) is 3. The molecule has 2 aromatic carbocycles. The first-order chi connectivity index (χ1) is 12.6. The number of fused-ring (bicyclic) bond motifs is 1. The first-order valence-corrected chi connectivity index (χ1v) is 8.62. The third kappa shape index (κ3) is 4.23. The van der Waals surface area contributed by atoms with Crippen LogP contribution >= 0.6 is 15.9 Å². The minimum atomic E-state index is -0.401. The highest BCUT2D eigenvalue weighted by Gasteiger charge is 2.15. The zero-order chi connectivity index (χ0) is 18.5. The van der Waals surface area contributed by atoms with E-state index in [1.165, 1.54) is 13.2 Å². The van der Waals surface area contributed by atoms with E-state index in [0.29, 0.717) is 40.4 Å². The molecule has 0 aliphatic carbocycles. The van der Waals surface area contributed by atoms with Crippen LogP contribution in [0.4, 0.5) is 5.69 Å². The molecule has 0 aromatic heterocycles. The van der Waals surface area contributed by atoms with Crippen molar-refractivity contribution in [3.05, 3.63) is 58.1 Å². The number of carbonyl (C=O) groups excluding carboxylic acids is 2. The Hall–Kier alpha value is -2.80. The van der Waals surface area contributed by atoms with Gasteiger partial charge in [0, 0.05) is 22.7 Å². The van der Waals surface area contributed by atoms with Gasteiger partial charge in [0.15, 0.2) is 11.5 Å². The van der Waals surface area contributed by atoms with Gasteiger partial charge in [-0.2, -0.15) is 0 Å². The highest BCUT2D eigenvalue weighted by atomic mass is 79.9. The maximum Gasteiger partial charge on any atom is 0.337 e. The predicted octanol–water partition coefficient (Wildman–Crippen LogP) is 3.66. The lowest BCUT2D eigenvalue weighted by atomic mass is 10.1. The third-order valence-electron chi connectivity index (χ3n) is 3.65. The van der Waals surface area contributed by atoms with E-state index in [0.717, 1.165) is 5.56 Å². The first kappa shape index (κ1) is 18.0. The summed E-state index contributed by atoms with van der Waals surface area (Å²) in [5.41, 5.74) is 1.83. The fourth-order valence-corrected chi connectivity index (χ4v) is 2.78. The Morgan fingerprint density at radius 3 is 2.42 bits per heavy atom. The fraction of sp³-hybridized carbons (Fsp3) is 0.158. The number of hydrogen-bond acceptors (Lipinski definition) is 5. The zero-order valence-electron chi connectivity index (χ0n) is 14.0. The summed E-state index contributed by atoms with van der Waals surface area (Å²) in [5.74, 6) is 0.542. The molecule has 2 aromatic rings. The number of carbonyl (C=O) groups is 2. The second-order valence-corrected chi connectivity index (χ2v) is 6.27. The van der Waals surface area contributed by atoms with Gasteiger partial charge >= 0.3 is 5.97 Å². The summed E-state index contributed by atoms with van der Waals surface area (Å²) in [4.78, 5) is 23.6. The molecule has 0 atom stereocenters. The molecule has 0 saturated carbocycles. The van der Waals surface area contributed by atoms with Crippen molar-refractivity contribution in [2.75, 3.05) is 25.6 Å². The van der Waals surface area contributed by atoms with Crippen LogP contribution < -0.4 is 14.8 Å². The monoisotopic (exact) mass is 417 g/mol. The summed E-state index contributed by atoms with van der Waals surface area (Å²) in [6, 6.07) is 10.2. The lowest BCUT2D eigenvalue weighted by molar-refractivity contribution is -0.111. The molecule has 0 saturated heterocycles. The van der Waals surface area contributed by atoms with Crippen molar-refractivity contribution in [1.29, 1.82) is 0 Å². The predicted molar refractivity (Wildman–Crippen MR) is 101 cm³/mol. The number of halogens is 1. The van der Waals surface area contributed by atoms with Crippen molar-refractivity contribution in [2.45, 2.75) is 0 Å². The number of methoxy groups -OCH3 is 1. The van der Waals surface area contributed by atoms with Crippen LogP contribution in [0.15, 0.2) is 46.9 Å². The molecule has 26 heavy (non-hydrogen) atoms. The van der Waals surface area contributed by atoms with Crippen LogP contribution in [-0.2, 0) is 9.53 Å². The van der Waals surface area contributed by atoms with Gasteiger partial charge in [-0.25, -0.2) is 4.79 Å². The van der Waals surface area contributed by atoms with Crippen molar-refractivity contribution in [1.82, 2.24) is 0 Å². The van der Waals surface area contributed by atoms with Crippen molar-refractivity contribution >= 4 is 39.6 Å². The SMILES string of the molecule is COC(=O)c1ccc(/C=C/C(=O)Nc2cc3c(cc2Br)OCCO3)cc1. The zero-order valence-corrected chi connectivity index (χ0v) is 15.5. The molecule has 1 amide bonds. The molecule has 3 rings (SSSR count). The van der Waals surface area contributed by atoms with Gasteiger partial charge in [-0.3, -0.25) is 4.79 Å². The standard InChI is InChI=1S/C19H16BrNO5/c1-24-19(23)13-5-2-12(3-6-13)4-7-18(22)21-15-11-17-16(10-14(15)20)25-8-9-26-17/h2-7,10-11H,8-9H2,1H3,(H,21,22)/b7-4+. The van der Waals surface area contributed by atoms with Crippen LogP contribution in [0.1, 0.15) is 15.9 Å². The Bertz CT molecular complexity index is 861. The number of hydrogen-bond donors (Lipinski definition) is 1. The minimum absolute atomic E-state index is 0.292. The molecule has 1 aliphatic rings. The van der Waals surface area contributed by atoms with Gasteiger partial charge in [0.05, 0.1) is 18.4 Å².